The van der Waals surface area contributed by atoms with E-state index in [9.17, 15) is 18.0 Å². The predicted octanol–water partition coefficient (Wildman–Crippen LogP) is 3.82. The highest BCUT2D eigenvalue weighted by atomic mass is 19.4. The molecule has 0 amide bonds. The zero-order chi connectivity index (χ0) is 16.2. The van der Waals surface area contributed by atoms with Crippen molar-refractivity contribution < 1.29 is 27.9 Å². The maximum atomic E-state index is 12.4. The molecule has 0 heterocycles. The molecule has 0 saturated heterocycles. The van der Waals surface area contributed by atoms with Gasteiger partial charge in [-0.15, -0.1) is 0 Å². The molecule has 0 spiro atoms. The fourth-order valence-corrected chi connectivity index (χ4v) is 1.59. The van der Waals surface area contributed by atoms with Crippen molar-refractivity contribution in [1.29, 1.82) is 0 Å². The molecule has 22 heavy (non-hydrogen) atoms. The number of hydrogen-bond acceptors (Lipinski definition) is 3. The van der Waals surface area contributed by atoms with Crippen LogP contribution < -0.4 is 4.84 Å². The second-order valence-corrected chi connectivity index (χ2v) is 4.28. The van der Waals surface area contributed by atoms with Crippen LogP contribution in [0.5, 0.6) is 5.75 Å². The lowest BCUT2D eigenvalue weighted by Crippen LogP contribution is -2.04. The molecule has 7 heteroatoms. The molecule has 0 fully saturated rings. The van der Waals surface area contributed by atoms with Gasteiger partial charge in [-0.05, 0) is 35.9 Å². The van der Waals surface area contributed by atoms with Crippen LogP contribution in [0.15, 0.2) is 53.7 Å². The summed E-state index contributed by atoms with van der Waals surface area (Å²) in [5, 5.41) is 12.4. The number of hydrogen-bond donors (Lipinski definition) is 1. The van der Waals surface area contributed by atoms with Crippen molar-refractivity contribution in [1.82, 2.24) is 0 Å². The Kier molecular flexibility index (Phi) is 4.45. The molecule has 0 radical (unpaired) electrons. The van der Waals surface area contributed by atoms with E-state index >= 15 is 0 Å². The number of benzene rings is 2. The lowest BCUT2D eigenvalue weighted by Gasteiger charge is -2.05. The van der Waals surface area contributed by atoms with Crippen LogP contribution in [-0.4, -0.2) is 17.3 Å². The largest absolute Gasteiger partial charge is 0.478 e. The summed E-state index contributed by atoms with van der Waals surface area (Å²) >= 11 is 0. The van der Waals surface area contributed by atoms with E-state index in [0.29, 0.717) is 5.56 Å². The second-order valence-electron chi connectivity index (χ2n) is 4.28. The van der Waals surface area contributed by atoms with E-state index in [-0.39, 0.29) is 11.3 Å². The maximum Gasteiger partial charge on any atom is 0.416 e. The van der Waals surface area contributed by atoms with Crippen molar-refractivity contribution >= 4 is 12.2 Å². The standard InChI is InChI=1S/C15H10F3NO3/c16-15(17,18)12-6-4-10(5-7-12)9-19-22-13-3-1-2-11(8-13)14(20)21/h1-9H,(H,20,21)/b19-9+. The van der Waals surface area contributed by atoms with Gasteiger partial charge in [-0.1, -0.05) is 23.4 Å². The van der Waals surface area contributed by atoms with E-state index < -0.39 is 17.7 Å². The Morgan fingerprint density at radius 2 is 1.82 bits per heavy atom. The molecule has 4 nitrogen and oxygen atoms in total. The molecule has 0 aliphatic rings. The lowest BCUT2D eigenvalue weighted by molar-refractivity contribution is -0.137. The van der Waals surface area contributed by atoms with E-state index in [1.807, 2.05) is 0 Å². The smallest absolute Gasteiger partial charge is 0.416 e. The first-order valence-corrected chi connectivity index (χ1v) is 6.07. The normalized spacial score (nSPS) is 11.6. The third-order valence-corrected chi connectivity index (χ3v) is 2.68. The third-order valence-electron chi connectivity index (χ3n) is 2.68. The van der Waals surface area contributed by atoms with Crippen molar-refractivity contribution in [2.75, 3.05) is 0 Å². The van der Waals surface area contributed by atoms with Crippen molar-refractivity contribution in [3.8, 4) is 5.75 Å². The molecule has 0 saturated carbocycles. The molecule has 0 unspecified atom stereocenters. The molecule has 0 aromatic heterocycles. The Bertz CT molecular complexity index is 694. The number of aromatic carboxylic acids is 1. The average Bonchev–Trinajstić information content (AvgIpc) is 2.47. The molecule has 0 aliphatic carbocycles. The van der Waals surface area contributed by atoms with E-state index in [2.05, 4.69) is 5.16 Å². The average molecular weight is 309 g/mol. The fourth-order valence-electron chi connectivity index (χ4n) is 1.59. The SMILES string of the molecule is O=C(O)c1cccc(O/N=C/c2ccc(C(F)(F)F)cc2)c1. The van der Waals surface area contributed by atoms with E-state index in [0.717, 1.165) is 12.1 Å². The van der Waals surface area contributed by atoms with Gasteiger partial charge in [0.1, 0.15) is 0 Å². The highest BCUT2D eigenvalue weighted by Gasteiger charge is 2.29. The summed E-state index contributed by atoms with van der Waals surface area (Å²) in [6.07, 6.45) is -3.16. The molecule has 1 N–H and O–H groups in total. The molecule has 2 aromatic rings. The van der Waals surface area contributed by atoms with Crippen molar-refractivity contribution in [2.24, 2.45) is 5.16 Å². The zero-order valence-corrected chi connectivity index (χ0v) is 11.0. The van der Waals surface area contributed by atoms with Crippen LogP contribution in [0.3, 0.4) is 0 Å². The molecule has 0 atom stereocenters. The van der Waals surface area contributed by atoms with Gasteiger partial charge in [0.15, 0.2) is 5.75 Å². The summed E-state index contributed by atoms with van der Waals surface area (Å²) in [5.74, 6) is -0.889. The van der Waals surface area contributed by atoms with E-state index in [1.165, 1.54) is 42.6 Å². The minimum Gasteiger partial charge on any atom is -0.478 e. The summed E-state index contributed by atoms with van der Waals surface area (Å²) in [4.78, 5) is 15.8. The van der Waals surface area contributed by atoms with Gasteiger partial charge in [0.05, 0.1) is 17.3 Å². The third kappa shape index (κ3) is 4.08. The topological polar surface area (TPSA) is 58.9 Å². The molecular formula is C15H10F3NO3. The number of rotatable bonds is 4. The van der Waals surface area contributed by atoms with Crippen LogP contribution >= 0.6 is 0 Å². The second kappa shape index (κ2) is 6.30. The first-order valence-electron chi connectivity index (χ1n) is 6.07. The number of oxime groups is 1. The summed E-state index contributed by atoms with van der Waals surface area (Å²) in [6.45, 7) is 0. The number of carboxylic acid groups (broad SMARTS) is 1. The van der Waals surface area contributed by atoms with E-state index in [4.69, 9.17) is 9.94 Å². The van der Waals surface area contributed by atoms with Gasteiger partial charge in [0.2, 0.25) is 0 Å². The van der Waals surface area contributed by atoms with Crippen LogP contribution in [0.1, 0.15) is 21.5 Å². The molecule has 114 valence electrons. The molecular weight excluding hydrogens is 299 g/mol. The van der Waals surface area contributed by atoms with Gasteiger partial charge in [0.25, 0.3) is 0 Å². The number of carbonyl (C=O) groups is 1. The van der Waals surface area contributed by atoms with Crippen LogP contribution in [0.25, 0.3) is 0 Å². The summed E-state index contributed by atoms with van der Waals surface area (Å²) in [5.41, 5.74) is -0.288. The summed E-state index contributed by atoms with van der Waals surface area (Å²) in [7, 11) is 0. The number of halogens is 3. The van der Waals surface area contributed by atoms with Gasteiger partial charge in [-0.25, -0.2) is 4.79 Å². The molecule has 0 bridgehead atoms. The maximum absolute atomic E-state index is 12.4. The summed E-state index contributed by atoms with van der Waals surface area (Å²) in [6, 6.07) is 10.1. The molecule has 2 aromatic carbocycles. The molecule has 0 aliphatic heterocycles. The Balaban J connectivity index is 2.03. The first kappa shape index (κ1) is 15.6. The highest BCUT2D eigenvalue weighted by Crippen LogP contribution is 2.28. The number of alkyl halides is 3. The summed E-state index contributed by atoms with van der Waals surface area (Å²) < 4.78 is 37.2. The van der Waals surface area contributed by atoms with Crippen LogP contribution in [-0.2, 0) is 6.18 Å². The minimum atomic E-state index is -4.39. The van der Waals surface area contributed by atoms with Crippen molar-refractivity contribution in [2.45, 2.75) is 6.18 Å². The Hall–Kier alpha value is -2.83. The number of carboxylic acids is 1. The predicted molar refractivity (Wildman–Crippen MR) is 73.1 cm³/mol. The minimum absolute atomic E-state index is 0.0437. The van der Waals surface area contributed by atoms with Gasteiger partial charge < -0.3 is 9.94 Å². The highest BCUT2D eigenvalue weighted by molar-refractivity contribution is 5.88. The monoisotopic (exact) mass is 309 g/mol. The Morgan fingerprint density at radius 1 is 1.14 bits per heavy atom. The fraction of sp³-hybridized carbons (Fsp3) is 0.0667. The van der Waals surface area contributed by atoms with E-state index in [1.54, 1.807) is 0 Å². The zero-order valence-electron chi connectivity index (χ0n) is 11.0. The Labute approximate surface area is 123 Å². The van der Waals surface area contributed by atoms with Gasteiger partial charge in [0, 0.05) is 0 Å². The molecule has 2 rings (SSSR count). The van der Waals surface area contributed by atoms with Crippen molar-refractivity contribution in [3.63, 3.8) is 0 Å². The van der Waals surface area contributed by atoms with Gasteiger partial charge >= 0.3 is 12.1 Å². The van der Waals surface area contributed by atoms with Crippen LogP contribution in [0.4, 0.5) is 13.2 Å². The first-order chi connectivity index (χ1) is 10.4. The quantitative estimate of drug-likeness (QED) is 0.690. The van der Waals surface area contributed by atoms with Crippen molar-refractivity contribution in [3.05, 3.63) is 65.2 Å². The number of nitrogens with zero attached hydrogens (tertiary/aromatic N) is 1. The van der Waals surface area contributed by atoms with Crippen LogP contribution in [0, 0.1) is 0 Å². The van der Waals surface area contributed by atoms with Gasteiger partial charge in [-0.3, -0.25) is 0 Å². The van der Waals surface area contributed by atoms with Crippen LogP contribution in [0.2, 0.25) is 0 Å². The van der Waals surface area contributed by atoms with Gasteiger partial charge in [-0.2, -0.15) is 13.2 Å². The lowest BCUT2D eigenvalue weighted by atomic mass is 10.1. The Morgan fingerprint density at radius 3 is 2.41 bits per heavy atom.